The Labute approximate surface area is 276 Å². The number of aliphatic hydroxyl groups excluding tert-OH is 1. The van der Waals surface area contributed by atoms with Crippen LogP contribution in [-0.2, 0) is 30.3 Å². The lowest BCUT2D eigenvalue weighted by molar-refractivity contribution is -0.165. The van der Waals surface area contributed by atoms with E-state index < -0.39 is 46.6 Å². The Hall–Kier alpha value is -2.97. The molecular weight excluding hydrogens is 580 g/mol. The molecule has 3 fully saturated rings. The highest BCUT2D eigenvalue weighted by atomic mass is 16.6. The summed E-state index contributed by atoms with van der Waals surface area (Å²) in [6.07, 6.45) is 8.57. The molecule has 2 amide bonds. The van der Waals surface area contributed by atoms with Gasteiger partial charge in [-0.1, -0.05) is 70.2 Å². The minimum absolute atomic E-state index is 0.0781. The maximum Gasteiger partial charge on any atom is 0.312 e. The van der Waals surface area contributed by atoms with E-state index in [-0.39, 0.29) is 30.4 Å². The molecule has 2 bridgehead atoms. The molecule has 3 saturated heterocycles. The van der Waals surface area contributed by atoms with Gasteiger partial charge < -0.3 is 24.4 Å². The summed E-state index contributed by atoms with van der Waals surface area (Å²) >= 11 is 0. The number of rotatable bonds is 16. The SMILES string of the molecule is C=CCCCCOC(=O)[C@H]1[C@H]2C(=O)N([C@@H](CO)Cc3ccccc3)C(C(=O)N(CC=C)C(C)(C)CC(C)(C)C)C23CC[C@]1(CC)O3. The number of unbranched alkanes of at least 4 members (excludes halogenated alkanes) is 2. The number of amides is 2. The molecule has 6 atom stereocenters. The van der Waals surface area contributed by atoms with Gasteiger partial charge in [0.05, 0.1) is 30.8 Å². The number of ether oxygens (including phenoxy) is 2. The standard InChI is InChI=1S/C38H56N2O6/c1-9-12-13-17-23-45-34(44)30-29-32(42)40(28(25-41)24-27-18-15-14-16-19-27)31(38(29)21-20-37(30,11-3)46-38)33(43)39(22-10-2)36(7,8)26-35(4,5)6/h9-10,14-16,18-19,28-31,41H,1-2,11-13,17,20-26H2,3-8H3/t28-,29+,30-,31?,37+,38?/m1/s1. The monoisotopic (exact) mass is 636 g/mol. The zero-order chi connectivity index (χ0) is 33.9. The van der Waals surface area contributed by atoms with E-state index in [1.807, 2.05) is 48.2 Å². The highest BCUT2D eigenvalue weighted by Gasteiger charge is 2.79. The van der Waals surface area contributed by atoms with Gasteiger partial charge in [0.2, 0.25) is 11.8 Å². The number of fused-ring (bicyclic) bond motifs is 1. The summed E-state index contributed by atoms with van der Waals surface area (Å²) in [5.74, 6) is -2.69. The first-order valence-electron chi connectivity index (χ1n) is 17.1. The van der Waals surface area contributed by atoms with Gasteiger partial charge in [0, 0.05) is 12.1 Å². The quantitative estimate of drug-likeness (QED) is 0.139. The number of carbonyl (C=O) groups is 3. The van der Waals surface area contributed by atoms with Gasteiger partial charge in [-0.25, -0.2) is 0 Å². The van der Waals surface area contributed by atoms with Crippen molar-refractivity contribution in [3.63, 3.8) is 0 Å². The van der Waals surface area contributed by atoms with Crippen molar-refractivity contribution in [1.29, 1.82) is 0 Å². The lowest BCUT2D eigenvalue weighted by Gasteiger charge is -2.46. The molecular formula is C38H56N2O6. The Kier molecular flexibility index (Phi) is 10.9. The minimum Gasteiger partial charge on any atom is -0.465 e. The third kappa shape index (κ3) is 6.70. The maximum absolute atomic E-state index is 15.2. The minimum atomic E-state index is -1.21. The Morgan fingerprint density at radius 3 is 2.41 bits per heavy atom. The average molecular weight is 637 g/mol. The third-order valence-corrected chi connectivity index (χ3v) is 10.3. The Morgan fingerprint density at radius 1 is 1.13 bits per heavy atom. The zero-order valence-corrected chi connectivity index (χ0v) is 28.9. The number of likely N-dealkylation sites (tertiary alicyclic amines) is 1. The molecule has 0 saturated carbocycles. The van der Waals surface area contributed by atoms with Crippen molar-refractivity contribution in [2.75, 3.05) is 19.8 Å². The molecule has 1 N–H and O–H groups in total. The van der Waals surface area contributed by atoms with Crippen molar-refractivity contribution < 1.29 is 29.0 Å². The van der Waals surface area contributed by atoms with E-state index in [0.29, 0.717) is 45.1 Å². The van der Waals surface area contributed by atoms with Crippen molar-refractivity contribution in [1.82, 2.24) is 9.80 Å². The van der Waals surface area contributed by atoms with E-state index in [0.717, 1.165) is 18.4 Å². The number of hydrogen-bond donors (Lipinski definition) is 1. The molecule has 3 aliphatic heterocycles. The number of aliphatic hydroxyl groups is 1. The van der Waals surface area contributed by atoms with Gasteiger partial charge >= 0.3 is 5.97 Å². The molecule has 1 aromatic rings. The normalized spacial score (nSPS) is 27.8. The Balaban J connectivity index is 1.81. The summed E-state index contributed by atoms with van der Waals surface area (Å²) in [6, 6.07) is 7.97. The van der Waals surface area contributed by atoms with Crippen LogP contribution in [0.1, 0.15) is 92.1 Å². The van der Waals surface area contributed by atoms with Crippen LogP contribution >= 0.6 is 0 Å². The average Bonchev–Trinajstić information content (AvgIpc) is 3.61. The van der Waals surface area contributed by atoms with Crippen LogP contribution in [0.5, 0.6) is 0 Å². The van der Waals surface area contributed by atoms with Gasteiger partial charge in [0.1, 0.15) is 17.6 Å². The Bertz CT molecular complexity index is 1270. The first-order chi connectivity index (χ1) is 21.7. The van der Waals surface area contributed by atoms with Gasteiger partial charge in [0.15, 0.2) is 0 Å². The van der Waals surface area contributed by atoms with Crippen LogP contribution in [0.2, 0.25) is 0 Å². The number of carbonyl (C=O) groups excluding carboxylic acids is 3. The summed E-state index contributed by atoms with van der Waals surface area (Å²) < 4.78 is 12.8. The van der Waals surface area contributed by atoms with Crippen LogP contribution < -0.4 is 0 Å². The predicted octanol–water partition coefficient (Wildman–Crippen LogP) is 5.87. The Morgan fingerprint density at radius 2 is 1.83 bits per heavy atom. The van der Waals surface area contributed by atoms with Crippen LogP contribution in [0.3, 0.4) is 0 Å². The summed E-state index contributed by atoms with van der Waals surface area (Å²) in [6.45, 7) is 20.5. The fourth-order valence-corrected chi connectivity index (χ4v) is 8.78. The molecule has 1 spiro atoms. The lowest BCUT2D eigenvalue weighted by atomic mass is 9.65. The van der Waals surface area contributed by atoms with E-state index in [1.165, 1.54) is 0 Å². The van der Waals surface area contributed by atoms with E-state index in [9.17, 15) is 14.7 Å². The van der Waals surface area contributed by atoms with E-state index in [4.69, 9.17) is 9.47 Å². The summed E-state index contributed by atoms with van der Waals surface area (Å²) in [5, 5.41) is 10.8. The highest BCUT2D eigenvalue weighted by molar-refractivity contribution is 5.99. The zero-order valence-electron chi connectivity index (χ0n) is 28.9. The molecule has 1 aromatic carbocycles. The topological polar surface area (TPSA) is 96.4 Å². The van der Waals surface area contributed by atoms with Gasteiger partial charge in [-0.05, 0) is 76.2 Å². The molecule has 3 heterocycles. The summed E-state index contributed by atoms with van der Waals surface area (Å²) in [5.41, 5.74) is -1.81. The molecule has 8 nitrogen and oxygen atoms in total. The first kappa shape index (κ1) is 35.9. The van der Waals surface area contributed by atoms with Crippen LogP contribution in [0.15, 0.2) is 55.6 Å². The second-order valence-corrected chi connectivity index (χ2v) is 15.3. The van der Waals surface area contributed by atoms with Gasteiger partial charge in [-0.15, -0.1) is 13.2 Å². The maximum atomic E-state index is 15.2. The molecule has 3 aliphatic rings. The second-order valence-electron chi connectivity index (χ2n) is 15.3. The van der Waals surface area contributed by atoms with Crippen LogP contribution in [-0.4, -0.2) is 81.3 Å². The largest absolute Gasteiger partial charge is 0.465 e. The third-order valence-electron chi connectivity index (χ3n) is 10.3. The number of esters is 1. The van der Waals surface area contributed by atoms with E-state index >= 15 is 4.79 Å². The van der Waals surface area contributed by atoms with Crippen molar-refractivity contribution in [3.8, 4) is 0 Å². The highest BCUT2D eigenvalue weighted by Crippen LogP contribution is 2.65. The molecule has 254 valence electrons. The fourth-order valence-electron chi connectivity index (χ4n) is 8.78. The lowest BCUT2D eigenvalue weighted by Crippen LogP contribution is -2.62. The molecule has 0 aliphatic carbocycles. The molecule has 8 heteroatoms. The fraction of sp³-hybridized carbons (Fsp3) is 0.658. The number of allylic oxidation sites excluding steroid dienone is 1. The first-order valence-corrected chi connectivity index (χ1v) is 17.1. The smallest absolute Gasteiger partial charge is 0.312 e. The number of hydrogen-bond acceptors (Lipinski definition) is 6. The molecule has 2 unspecified atom stereocenters. The second kappa shape index (κ2) is 14.0. The van der Waals surface area contributed by atoms with Gasteiger partial charge in [0.25, 0.3) is 0 Å². The predicted molar refractivity (Wildman–Crippen MR) is 180 cm³/mol. The van der Waals surface area contributed by atoms with Crippen LogP contribution in [0.25, 0.3) is 0 Å². The van der Waals surface area contributed by atoms with Crippen molar-refractivity contribution in [2.24, 2.45) is 17.3 Å². The molecule has 4 rings (SSSR count). The van der Waals surface area contributed by atoms with E-state index in [1.54, 1.807) is 11.0 Å². The molecule has 0 aromatic heterocycles. The van der Waals surface area contributed by atoms with Crippen LogP contribution in [0, 0.1) is 17.3 Å². The molecule has 46 heavy (non-hydrogen) atoms. The van der Waals surface area contributed by atoms with Crippen molar-refractivity contribution >= 4 is 17.8 Å². The van der Waals surface area contributed by atoms with Crippen LogP contribution in [0.4, 0.5) is 0 Å². The van der Waals surface area contributed by atoms with Gasteiger partial charge in [-0.3, -0.25) is 14.4 Å². The summed E-state index contributed by atoms with van der Waals surface area (Å²) in [4.78, 5) is 47.3. The van der Waals surface area contributed by atoms with Crippen molar-refractivity contribution in [2.45, 2.75) is 122 Å². The van der Waals surface area contributed by atoms with Crippen molar-refractivity contribution in [3.05, 3.63) is 61.2 Å². The number of benzene rings is 1. The number of nitrogens with zero attached hydrogens (tertiary/aromatic N) is 2. The summed E-state index contributed by atoms with van der Waals surface area (Å²) in [7, 11) is 0. The molecule has 0 radical (unpaired) electrons. The van der Waals surface area contributed by atoms with E-state index in [2.05, 4.69) is 47.8 Å². The van der Waals surface area contributed by atoms with Gasteiger partial charge in [-0.2, -0.15) is 0 Å².